The Morgan fingerprint density at radius 3 is 2.65 bits per heavy atom. The average molecular weight is 442 g/mol. The molecule has 1 heterocycles. The van der Waals surface area contributed by atoms with Gasteiger partial charge in [-0.15, -0.1) is 16.7 Å². The summed E-state index contributed by atoms with van der Waals surface area (Å²) in [6, 6.07) is 16.1. The third-order valence-electron chi connectivity index (χ3n) is 5.73. The van der Waals surface area contributed by atoms with Crippen molar-refractivity contribution in [3.05, 3.63) is 82.7 Å². The summed E-state index contributed by atoms with van der Waals surface area (Å²) in [6.45, 7) is 5.38. The highest BCUT2D eigenvalue weighted by molar-refractivity contribution is 6.17. The van der Waals surface area contributed by atoms with Crippen LogP contribution >= 0.6 is 11.6 Å². The highest BCUT2D eigenvalue weighted by atomic mass is 35.5. The first-order valence-corrected chi connectivity index (χ1v) is 11.4. The Morgan fingerprint density at radius 2 is 1.97 bits per heavy atom. The molecule has 1 unspecified atom stereocenters. The van der Waals surface area contributed by atoms with Crippen molar-refractivity contribution in [2.24, 2.45) is 0 Å². The number of benzene rings is 2. The number of nitrogens with one attached hydrogen (secondary N) is 1. The zero-order chi connectivity index (χ0) is 22.2. The molecule has 0 fully saturated rings. The van der Waals surface area contributed by atoms with Gasteiger partial charge in [-0.2, -0.15) is 0 Å². The van der Waals surface area contributed by atoms with Crippen molar-refractivity contribution in [2.75, 3.05) is 13.6 Å². The van der Waals surface area contributed by atoms with Gasteiger partial charge in [0.15, 0.2) is 0 Å². The Balaban J connectivity index is 1.68. The maximum absolute atomic E-state index is 12.7. The number of alkyl halides is 1. The van der Waals surface area contributed by atoms with Crippen LogP contribution in [0, 0.1) is 6.92 Å². The maximum atomic E-state index is 12.7. The first kappa shape index (κ1) is 23.2. The molecule has 0 saturated carbocycles. The highest BCUT2D eigenvalue weighted by Crippen LogP contribution is 2.30. The zero-order valence-electron chi connectivity index (χ0n) is 18.6. The van der Waals surface area contributed by atoms with E-state index in [1.165, 1.54) is 5.56 Å². The minimum absolute atomic E-state index is 0.0644. The summed E-state index contributed by atoms with van der Waals surface area (Å²) in [7, 11) is 2.00. The van der Waals surface area contributed by atoms with Gasteiger partial charge >= 0.3 is 5.97 Å². The number of aryl methyl sites for hydroxylation is 1. The van der Waals surface area contributed by atoms with Gasteiger partial charge in [0, 0.05) is 31.4 Å². The summed E-state index contributed by atoms with van der Waals surface area (Å²) in [5, 5.41) is 4.10. The molecule has 1 aliphatic rings. The first-order valence-electron chi connectivity index (χ1n) is 10.8. The van der Waals surface area contributed by atoms with Gasteiger partial charge < -0.3 is 10.2 Å². The summed E-state index contributed by atoms with van der Waals surface area (Å²) in [6.07, 6.45) is 4.17. The third-order valence-corrected chi connectivity index (χ3v) is 6.01. The fraction of sp³-hybridized carbons (Fsp3) is 0.400. The van der Waals surface area contributed by atoms with Crippen molar-refractivity contribution < 1.29 is 9.53 Å². The summed E-state index contributed by atoms with van der Waals surface area (Å²) in [4.78, 5) is 12.7. The lowest BCUT2D eigenvalue weighted by Gasteiger charge is -2.23. The fourth-order valence-electron chi connectivity index (χ4n) is 3.80. The van der Waals surface area contributed by atoms with Crippen molar-refractivity contribution in [1.29, 1.82) is 0 Å². The molecule has 31 heavy (non-hydrogen) atoms. The molecule has 2 aromatic carbocycles. The number of allylic oxidation sites excluding steroid dienone is 1. The number of halogens is 1. The van der Waals surface area contributed by atoms with Crippen LogP contribution in [0.3, 0.4) is 0 Å². The number of rotatable bonds is 10. The van der Waals surface area contributed by atoms with Crippen LogP contribution in [-0.4, -0.2) is 29.7 Å². The van der Waals surface area contributed by atoms with Crippen molar-refractivity contribution in [3.8, 4) is 0 Å². The monoisotopic (exact) mass is 441 g/mol. The Morgan fingerprint density at radius 1 is 1.19 bits per heavy atom. The average Bonchev–Trinajstić information content (AvgIpc) is 3.15. The van der Waals surface area contributed by atoms with Gasteiger partial charge in [-0.1, -0.05) is 48.5 Å². The fourth-order valence-corrected chi connectivity index (χ4v) is 4.08. The van der Waals surface area contributed by atoms with Gasteiger partial charge in [0.2, 0.25) is 0 Å². The van der Waals surface area contributed by atoms with Gasteiger partial charge in [-0.25, -0.2) is 0 Å². The molecular weight excluding hydrogens is 410 g/mol. The molecular formula is C25H32ClN3O2. The topological polar surface area (TPSA) is 44.8 Å². The molecule has 6 heteroatoms. The largest absolute Gasteiger partial charge is 0.461 e. The molecule has 0 spiro atoms. The number of ether oxygens (including phenoxy) is 1. The number of esters is 1. The standard InChI is InChI=1S/C25H32ClN3O2/c1-4-29-17-24(27-28(29)3)13-12-22(21-11-10-19(2)23(14-21)16-26)15-25(30)31-18-20-8-6-5-7-9-20/h5-11,14,17,22,27H,4,12-13,15-16,18H2,1-3H3. The van der Waals surface area contributed by atoms with Crippen LogP contribution < -0.4 is 5.43 Å². The van der Waals surface area contributed by atoms with E-state index in [9.17, 15) is 4.79 Å². The molecule has 0 bridgehead atoms. The SMILES string of the molecule is CCN1C=C(CCC(CC(=O)OCc2ccccc2)c2ccc(C)c(CCl)c2)NN1C. The van der Waals surface area contributed by atoms with Crippen molar-refractivity contribution in [1.82, 2.24) is 15.6 Å². The van der Waals surface area contributed by atoms with Crippen molar-refractivity contribution in [2.45, 2.75) is 51.5 Å². The molecule has 166 valence electrons. The lowest BCUT2D eigenvalue weighted by Crippen LogP contribution is -2.38. The van der Waals surface area contributed by atoms with Crippen LogP contribution in [0.2, 0.25) is 0 Å². The van der Waals surface area contributed by atoms with Crippen LogP contribution in [0.25, 0.3) is 0 Å². The maximum Gasteiger partial charge on any atom is 0.306 e. The number of hydrogen-bond donors (Lipinski definition) is 1. The zero-order valence-corrected chi connectivity index (χ0v) is 19.4. The van der Waals surface area contributed by atoms with E-state index in [0.29, 0.717) is 18.9 Å². The number of carbonyl (C=O) groups excluding carboxylic acids is 1. The molecule has 1 N–H and O–H groups in total. The summed E-state index contributed by atoms with van der Waals surface area (Å²) >= 11 is 6.14. The van der Waals surface area contributed by atoms with Crippen molar-refractivity contribution in [3.63, 3.8) is 0 Å². The second-order valence-corrected chi connectivity index (χ2v) is 8.22. The lowest BCUT2D eigenvalue weighted by molar-refractivity contribution is -0.145. The van der Waals surface area contributed by atoms with E-state index < -0.39 is 0 Å². The van der Waals surface area contributed by atoms with Crippen LogP contribution in [0.4, 0.5) is 0 Å². The normalized spacial score (nSPS) is 14.8. The molecule has 1 aliphatic heterocycles. The van der Waals surface area contributed by atoms with Crippen LogP contribution in [0.15, 0.2) is 60.4 Å². The van der Waals surface area contributed by atoms with Crippen LogP contribution in [0.1, 0.15) is 54.4 Å². The Hall–Kier alpha value is -2.50. The quantitative estimate of drug-likeness (QED) is 0.402. The number of hydrazine groups is 2. The molecule has 0 aliphatic carbocycles. The highest BCUT2D eigenvalue weighted by Gasteiger charge is 2.21. The summed E-state index contributed by atoms with van der Waals surface area (Å²) in [5.41, 5.74) is 8.94. The van der Waals surface area contributed by atoms with E-state index in [2.05, 4.69) is 48.7 Å². The minimum atomic E-state index is -0.178. The predicted molar refractivity (Wildman–Crippen MR) is 125 cm³/mol. The van der Waals surface area contributed by atoms with E-state index in [-0.39, 0.29) is 11.9 Å². The second kappa shape index (κ2) is 11.2. The van der Waals surface area contributed by atoms with Crippen LogP contribution in [0.5, 0.6) is 0 Å². The predicted octanol–water partition coefficient (Wildman–Crippen LogP) is 5.26. The van der Waals surface area contributed by atoms with Gasteiger partial charge in [0.25, 0.3) is 0 Å². The molecule has 0 aromatic heterocycles. The van der Waals surface area contributed by atoms with Gasteiger partial charge in [-0.3, -0.25) is 9.80 Å². The Bertz CT molecular complexity index is 901. The number of hydrogen-bond acceptors (Lipinski definition) is 5. The smallest absolute Gasteiger partial charge is 0.306 e. The molecule has 0 amide bonds. The minimum Gasteiger partial charge on any atom is -0.461 e. The summed E-state index contributed by atoms with van der Waals surface area (Å²) in [5.74, 6) is 0.352. The van der Waals surface area contributed by atoms with E-state index in [4.69, 9.17) is 16.3 Å². The van der Waals surface area contributed by atoms with E-state index in [0.717, 1.165) is 41.8 Å². The summed E-state index contributed by atoms with van der Waals surface area (Å²) < 4.78 is 5.57. The first-order chi connectivity index (χ1) is 15.0. The third kappa shape index (κ3) is 6.49. The van der Waals surface area contributed by atoms with E-state index >= 15 is 0 Å². The number of nitrogens with zero attached hydrogens (tertiary/aromatic N) is 2. The molecule has 0 radical (unpaired) electrons. The van der Waals surface area contributed by atoms with Gasteiger partial charge in [0.05, 0.1) is 6.42 Å². The molecule has 5 nitrogen and oxygen atoms in total. The lowest BCUT2D eigenvalue weighted by atomic mass is 9.89. The molecule has 3 rings (SSSR count). The van der Waals surface area contributed by atoms with Gasteiger partial charge in [-0.05, 0) is 54.9 Å². The van der Waals surface area contributed by atoms with E-state index in [1.807, 2.05) is 42.5 Å². The molecule has 0 saturated heterocycles. The Kier molecular flexibility index (Phi) is 8.38. The van der Waals surface area contributed by atoms with E-state index in [1.54, 1.807) is 0 Å². The van der Waals surface area contributed by atoms with Gasteiger partial charge in [0.1, 0.15) is 6.61 Å². The molecule has 1 atom stereocenters. The number of carbonyl (C=O) groups is 1. The Labute approximate surface area is 190 Å². The van der Waals surface area contributed by atoms with Crippen LogP contribution in [-0.2, 0) is 22.0 Å². The second-order valence-electron chi connectivity index (χ2n) is 7.95. The molecule has 2 aromatic rings. The van der Waals surface area contributed by atoms with Crippen molar-refractivity contribution >= 4 is 17.6 Å².